The fraction of sp³-hybridized carbons (Fsp3) is 1.00. The Hall–Kier alpha value is 0.500. The van der Waals surface area contributed by atoms with Crippen LogP contribution in [0.2, 0.25) is 0 Å². The summed E-state index contributed by atoms with van der Waals surface area (Å²) in [5.74, 6) is -1.49. The van der Waals surface area contributed by atoms with Crippen LogP contribution >= 0.6 is 31.9 Å². The Balaban J connectivity index is 2.48. The van der Waals surface area contributed by atoms with Gasteiger partial charge in [0.05, 0.1) is 15.6 Å². The first kappa shape index (κ1) is 13.9. The summed E-state index contributed by atoms with van der Waals surface area (Å²) in [6.45, 7) is 0. The quantitative estimate of drug-likeness (QED) is 0.482. The third kappa shape index (κ3) is 1.68. The highest BCUT2D eigenvalue weighted by Gasteiger charge is 2.85. The fourth-order valence-corrected chi connectivity index (χ4v) is 5.28. The fourth-order valence-electron chi connectivity index (χ4n) is 2.83. The van der Waals surface area contributed by atoms with Gasteiger partial charge in [-0.15, -0.1) is 0 Å². The number of hydrogen-bond acceptors (Lipinski definition) is 0. The van der Waals surface area contributed by atoms with E-state index in [1.165, 1.54) is 0 Å². The highest BCUT2D eigenvalue weighted by molar-refractivity contribution is 9.10. The minimum Gasteiger partial charge on any atom is -0.322 e. The molecule has 1 saturated carbocycles. The molecule has 2 N–H and O–H groups in total. The lowest BCUT2D eigenvalue weighted by Gasteiger charge is -2.38. The average Bonchev–Trinajstić information content (AvgIpc) is 2.53. The molecule has 0 aromatic rings. The van der Waals surface area contributed by atoms with Gasteiger partial charge < -0.3 is 5.32 Å². The van der Waals surface area contributed by atoms with Crippen LogP contribution < -0.4 is 5.32 Å². The van der Waals surface area contributed by atoms with Crippen molar-refractivity contribution >= 4 is 31.9 Å². The van der Waals surface area contributed by atoms with E-state index in [0.29, 0.717) is 5.32 Å². The predicted octanol–water partition coefficient (Wildman–Crippen LogP) is 2.34. The van der Waals surface area contributed by atoms with Crippen molar-refractivity contribution in [3.63, 3.8) is 0 Å². The first-order chi connectivity index (χ1) is 7.52. The van der Waals surface area contributed by atoms with Crippen molar-refractivity contribution in [3.8, 4) is 0 Å². The molecule has 0 aromatic heterocycles. The topological polar surface area (TPSA) is 16.6 Å². The Kier molecular flexibility index (Phi) is 3.07. The minimum absolute atomic E-state index is 0.129. The van der Waals surface area contributed by atoms with Gasteiger partial charge in [-0.2, -0.15) is 26.3 Å². The second-order valence-corrected chi connectivity index (χ2v) is 6.64. The van der Waals surface area contributed by atoms with Crippen LogP contribution in [0.15, 0.2) is 0 Å². The molecule has 4 unspecified atom stereocenters. The summed E-state index contributed by atoms with van der Waals surface area (Å²) in [5, 5.41) is 0.431. The van der Waals surface area contributed by atoms with Gasteiger partial charge in [0.15, 0.2) is 0 Å². The largest absolute Gasteiger partial charge is 0.454 e. The van der Waals surface area contributed by atoms with Gasteiger partial charge >= 0.3 is 12.4 Å². The number of quaternary nitrogens is 1. The third-order valence-corrected chi connectivity index (χ3v) is 5.86. The summed E-state index contributed by atoms with van der Waals surface area (Å²) < 4.78 is 77.3. The van der Waals surface area contributed by atoms with Crippen molar-refractivity contribution in [2.75, 3.05) is 0 Å². The van der Waals surface area contributed by atoms with Crippen LogP contribution in [0.25, 0.3) is 0 Å². The molecule has 2 rings (SSSR count). The summed E-state index contributed by atoms with van der Waals surface area (Å²) in [6, 6.07) is -0.747. The maximum absolute atomic E-state index is 12.9. The predicted molar refractivity (Wildman–Crippen MR) is 54.1 cm³/mol. The van der Waals surface area contributed by atoms with Crippen molar-refractivity contribution in [2.45, 2.75) is 40.0 Å². The van der Waals surface area contributed by atoms with E-state index in [9.17, 15) is 26.3 Å². The minimum atomic E-state index is -5.30. The second kappa shape index (κ2) is 3.75. The second-order valence-electron chi connectivity index (χ2n) is 4.41. The molecule has 17 heavy (non-hydrogen) atoms. The monoisotopic (exact) mass is 390 g/mol. The lowest BCUT2D eigenvalue weighted by Crippen LogP contribution is -3.07. The van der Waals surface area contributed by atoms with E-state index in [0.717, 1.165) is 0 Å². The van der Waals surface area contributed by atoms with E-state index in [4.69, 9.17) is 0 Å². The van der Waals surface area contributed by atoms with Gasteiger partial charge in [0.1, 0.15) is 6.04 Å². The standard InChI is InChI=1S/C8H7Br2F6N/c9-3-1-2-4(10)5(3)17-6(2,7(11,12)13)8(14,15)16/h2-5,17H,1H2/p+1. The molecule has 1 aliphatic carbocycles. The molecule has 9 heteroatoms. The molecule has 1 nitrogen and oxygen atoms in total. The number of rotatable bonds is 0. The van der Waals surface area contributed by atoms with Crippen LogP contribution in [-0.2, 0) is 0 Å². The molecule has 4 atom stereocenters. The van der Waals surface area contributed by atoms with Gasteiger partial charge in [0.25, 0.3) is 5.54 Å². The third-order valence-electron chi connectivity index (χ3n) is 3.63. The van der Waals surface area contributed by atoms with Crippen molar-refractivity contribution in [1.82, 2.24) is 0 Å². The first-order valence-corrected chi connectivity index (χ1v) is 6.63. The molecule has 0 aromatic carbocycles. The summed E-state index contributed by atoms with van der Waals surface area (Å²) in [4.78, 5) is -1.11. The first-order valence-electron chi connectivity index (χ1n) is 4.80. The highest BCUT2D eigenvalue weighted by Crippen LogP contribution is 2.55. The van der Waals surface area contributed by atoms with Gasteiger partial charge in [-0.05, 0) is 6.42 Å². The molecule has 100 valence electrons. The lowest BCUT2D eigenvalue weighted by atomic mass is 9.82. The number of piperidine rings is 1. The maximum atomic E-state index is 12.9. The Morgan fingerprint density at radius 2 is 1.47 bits per heavy atom. The summed E-state index contributed by atoms with van der Waals surface area (Å²) >= 11 is 6.10. The maximum Gasteiger partial charge on any atom is 0.454 e. The van der Waals surface area contributed by atoms with E-state index in [-0.39, 0.29) is 11.2 Å². The lowest BCUT2D eigenvalue weighted by molar-refractivity contribution is -0.794. The zero-order valence-electron chi connectivity index (χ0n) is 8.12. The molecule has 1 aliphatic heterocycles. The molecule has 1 saturated heterocycles. The van der Waals surface area contributed by atoms with Crippen molar-refractivity contribution in [1.29, 1.82) is 0 Å². The van der Waals surface area contributed by atoms with Crippen molar-refractivity contribution < 1.29 is 31.7 Å². The van der Waals surface area contributed by atoms with Crippen LogP contribution in [0, 0.1) is 5.92 Å². The molecular formula is C8H8Br2F6N+. The highest BCUT2D eigenvalue weighted by atomic mass is 79.9. The molecule has 2 fully saturated rings. The number of hydrogen-bond donors (Lipinski definition) is 1. The molecule has 1 heterocycles. The van der Waals surface area contributed by atoms with E-state index in [2.05, 4.69) is 31.9 Å². The van der Waals surface area contributed by atoms with Crippen molar-refractivity contribution in [3.05, 3.63) is 0 Å². The van der Waals surface area contributed by atoms with E-state index in [1.54, 1.807) is 0 Å². The average molecular weight is 392 g/mol. The Morgan fingerprint density at radius 1 is 1.00 bits per heavy atom. The zero-order chi connectivity index (χ0) is 13.2. The molecule has 0 amide bonds. The molecule has 2 aliphatic rings. The van der Waals surface area contributed by atoms with Crippen LogP contribution in [0.5, 0.6) is 0 Å². The Morgan fingerprint density at radius 3 is 1.71 bits per heavy atom. The van der Waals surface area contributed by atoms with E-state index >= 15 is 0 Å². The van der Waals surface area contributed by atoms with Crippen LogP contribution in [0.1, 0.15) is 6.42 Å². The van der Waals surface area contributed by atoms with Gasteiger partial charge in [-0.3, -0.25) is 0 Å². The number of halogens is 8. The molecule has 2 bridgehead atoms. The molecule has 0 radical (unpaired) electrons. The van der Waals surface area contributed by atoms with Gasteiger partial charge in [0.2, 0.25) is 0 Å². The number of alkyl halides is 8. The Labute approximate surface area is 110 Å². The summed E-state index contributed by atoms with van der Waals surface area (Å²) in [7, 11) is 0. The smallest absolute Gasteiger partial charge is 0.322 e. The van der Waals surface area contributed by atoms with Gasteiger partial charge in [-0.25, -0.2) is 0 Å². The van der Waals surface area contributed by atoms with E-state index < -0.39 is 34.7 Å². The summed E-state index contributed by atoms with van der Waals surface area (Å²) in [6.07, 6.45) is -10.7. The normalized spacial score (nSPS) is 40.9. The molecule has 0 spiro atoms. The van der Waals surface area contributed by atoms with Gasteiger partial charge in [0, 0.05) is 0 Å². The van der Waals surface area contributed by atoms with E-state index in [1.807, 2.05) is 0 Å². The zero-order valence-corrected chi connectivity index (χ0v) is 11.3. The SMILES string of the molecule is FC(F)(F)C1(C(F)(F)F)[NH2+]C2C(Br)CC1C2Br. The van der Waals surface area contributed by atoms with Gasteiger partial charge in [-0.1, -0.05) is 31.9 Å². The van der Waals surface area contributed by atoms with Crippen molar-refractivity contribution in [2.24, 2.45) is 5.92 Å². The molecular weight excluding hydrogens is 384 g/mol. The van der Waals surface area contributed by atoms with Crippen LogP contribution in [-0.4, -0.2) is 33.6 Å². The van der Waals surface area contributed by atoms with Crippen LogP contribution in [0.3, 0.4) is 0 Å². The summed E-state index contributed by atoms with van der Waals surface area (Å²) in [5.41, 5.74) is -3.66. The Bertz CT molecular complexity index is 313. The van der Waals surface area contributed by atoms with Crippen LogP contribution in [0.4, 0.5) is 26.3 Å². The number of fused-ring (bicyclic) bond motifs is 2. The number of nitrogens with two attached hydrogens (primary N) is 1.